The average Bonchev–Trinajstić information content (AvgIpc) is 2.75. The summed E-state index contributed by atoms with van der Waals surface area (Å²) in [6, 6.07) is 2.35. The monoisotopic (exact) mass is 421 g/mol. The molecule has 1 aromatic rings. The molecular formula is C22H35N3O5+2. The molecule has 0 radical (unpaired) electrons. The van der Waals surface area contributed by atoms with Crippen molar-refractivity contribution < 1.29 is 34.5 Å². The van der Waals surface area contributed by atoms with Gasteiger partial charge in [0.15, 0.2) is 0 Å². The van der Waals surface area contributed by atoms with Gasteiger partial charge in [-0.3, -0.25) is 4.90 Å². The molecule has 166 valence electrons. The van der Waals surface area contributed by atoms with Crippen LogP contribution in [-0.2, 0) is 9.47 Å². The van der Waals surface area contributed by atoms with Crippen LogP contribution < -0.4 is 15.2 Å². The molecule has 1 aliphatic carbocycles. The number of H-pyrrole nitrogens is 1. The van der Waals surface area contributed by atoms with E-state index in [2.05, 4.69) is 15.2 Å². The number of ether oxygens (including phenoxy) is 2. The lowest BCUT2D eigenvalue weighted by molar-refractivity contribution is -0.731. The van der Waals surface area contributed by atoms with Crippen molar-refractivity contribution in [3.8, 4) is 0 Å². The number of rotatable bonds is 6. The summed E-state index contributed by atoms with van der Waals surface area (Å²) in [4.78, 5) is 30.1. The quantitative estimate of drug-likeness (QED) is 0.652. The number of hydrogen-bond donors (Lipinski definition) is 2. The zero-order chi connectivity index (χ0) is 21.7. The van der Waals surface area contributed by atoms with E-state index in [9.17, 15) is 14.7 Å². The van der Waals surface area contributed by atoms with Gasteiger partial charge in [0.2, 0.25) is 0 Å². The average molecular weight is 422 g/mol. The molecule has 8 heteroatoms. The molecule has 2 heterocycles. The number of methoxy groups -OCH3 is 1. The molecule has 1 aliphatic heterocycles. The van der Waals surface area contributed by atoms with Gasteiger partial charge in [0.1, 0.15) is 29.0 Å². The third-order valence-electron chi connectivity index (χ3n) is 6.31. The molecule has 2 atom stereocenters. The summed E-state index contributed by atoms with van der Waals surface area (Å²) >= 11 is 0. The molecule has 0 bridgehead atoms. The first-order valence-electron chi connectivity index (χ1n) is 11.0. The van der Waals surface area contributed by atoms with Crippen LogP contribution in [0.1, 0.15) is 71.9 Å². The Morgan fingerprint density at radius 1 is 1.17 bits per heavy atom. The van der Waals surface area contributed by atoms with E-state index >= 15 is 0 Å². The number of quaternary nitrogens is 1. The van der Waals surface area contributed by atoms with Crippen LogP contribution in [0.15, 0.2) is 6.07 Å². The molecule has 3 rings (SSSR count). The van der Waals surface area contributed by atoms with E-state index in [-0.39, 0.29) is 12.7 Å². The van der Waals surface area contributed by atoms with Crippen LogP contribution in [0.3, 0.4) is 0 Å². The number of aromatic amines is 1. The lowest BCUT2D eigenvalue weighted by Gasteiger charge is -2.32. The third-order valence-corrected chi connectivity index (χ3v) is 6.31. The van der Waals surface area contributed by atoms with Crippen LogP contribution in [0.25, 0.3) is 0 Å². The third kappa shape index (κ3) is 5.10. The molecule has 0 aromatic carbocycles. The van der Waals surface area contributed by atoms with Crippen molar-refractivity contribution in [2.24, 2.45) is 0 Å². The zero-order valence-corrected chi connectivity index (χ0v) is 18.3. The Morgan fingerprint density at radius 3 is 2.50 bits per heavy atom. The van der Waals surface area contributed by atoms with Gasteiger partial charge in [-0.25, -0.2) is 14.6 Å². The molecule has 8 nitrogen and oxygen atoms in total. The maximum absolute atomic E-state index is 12.6. The number of esters is 2. The van der Waals surface area contributed by atoms with Crippen molar-refractivity contribution in [2.45, 2.75) is 70.6 Å². The number of anilines is 1. The lowest BCUT2D eigenvalue weighted by atomic mass is 9.91. The van der Waals surface area contributed by atoms with Gasteiger partial charge in [-0.1, -0.05) is 6.42 Å². The van der Waals surface area contributed by atoms with Crippen molar-refractivity contribution in [2.75, 3.05) is 31.7 Å². The van der Waals surface area contributed by atoms with Crippen molar-refractivity contribution >= 4 is 17.8 Å². The lowest BCUT2D eigenvalue weighted by Crippen LogP contribution is -2.98. The summed E-state index contributed by atoms with van der Waals surface area (Å²) in [7, 11) is 1.32. The normalized spacial score (nSPS) is 22.6. The second-order valence-corrected chi connectivity index (χ2v) is 8.31. The SMILES string of the molecule is CCOC(=O)c1cc(C(=O)OC)c(C)[nH+]c1N1CCC([NH2+][C@H]2CCCC[C@H]2O)CC1. The number of carbonyl (C=O) groups is 2. The second-order valence-electron chi connectivity index (χ2n) is 8.31. The summed E-state index contributed by atoms with van der Waals surface area (Å²) in [5.74, 6) is -0.247. The molecule has 0 amide bonds. The van der Waals surface area contributed by atoms with Gasteiger partial charge in [-0.05, 0) is 32.8 Å². The van der Waals surface area contributed by atoms with Crippen LogP contribution in [0.4, 0.5) is 5.82 Å². The van der Waals surface area contributed by atoms with Crippen molar-refractivity contribution in [3.63, 3.8) is 0 Å². The molecule has 1 aromatic heterocycles. The van der Waals surface area contributed by atoms with E-state index in [1.807, 2.05) is 0 Å². The topological polar surface area (TPSA) is 107 Å². The molecule has 1 saturated heterocycles. The number of hydrogen-bond acceptors (Lipinski definition) is 6. The molecule has 2 aliphatic rings. The van der Waals surface area contributed by atoms with Crippen LogP contribution in [0.2, 0.25) is 0 Å². The Morgan fingerprint density at radius 2 is 1.87 bits per heavy atom. The molecule has 1 saturated carbocycles. The van der Waals surface area contributed by atoms with E-state index in [1.165, 1.54) is 13.5 Å². The van der Waals surface area contributed by atoms with E-state index in [1.54, 1.807) is 19.9 Å². The first-order chi connectivity index (χ1) is 14.4. The summed E-state index contributed by atoms with van der Waals surface area (Å²) in [6.07, 6.45) is 6.04. The van der Waals surface area contributed by atoms with E-state index < -0.39 is 11.9 Å². The largest absolute Gasteiger partial charge is 0.465 e. The zero-order valence-electron chi connectivity index (χ0n) is 18.3. The fraction of sp³-hybridized carbons (Fsp3) is 0.682. The number of aromatic nitrogens is 1. The van der Waals surface area contributed by atoms with Crippen molar-refractivity contribution in [1.82, 2.24) is 0 Å². The maximum atomic E-state index is 12.6. The van der Waals surface area contributed by atoms with Gasteiger partial charge < -0.3 is 19.9 Å². The highest BCUT2D eigenvalue weighted by molar-refractivity contribution is 5.98. The van der Waals surface area contributed by atoms with Crippen molar-refractivity contribution in [3.05, 3.63) is 22.9 Å². The number of nitrogens with two attached hydrogens (primary N) is 1. The van der Waals surface area contributed by atoms with Gasteiger partial charge in [-0.2, -0.15) is 0 Å². The number of piperidine rings is 1. The molecule has 0 unspecified atom stereocenters. The summed E-state index contributed by atoms with van der Waals surface area (Å²) < 4.78 is 10.1. The van der Waals surface area contributed by atoms with Crippen LogP contribution >= 0.6 is 0 Å². The molecule has 2 fully saturated rings. The predicted molar refractivity (Wildman–Crippen MR) is 110 cm³/mol. The fourth-order valence-electron chi connectivity index (χ4n) is 4.60. The van der Waals surface area contributed by atoms with E-state index in [0.717, 1.165) is 45.2 Å². The number of pyridine rings is 1. The highest BCUT2D eigenvalue weighted by atomic mass is 16.5. The van der Waals surface area contributed by atoms with Crippen LogP contribution in [0.5, 0.6) is 0 Å². The van der Waals surface area contributed by atoms with Gasteiger partial charge >= 0.3 is 11.9 Å². The number of aryl methyl sites for hydroxylation is 1. The Hall–Kier alpha value is -2.19. The molecule has 30 heavy (non-hydrogen) atoms. The summed E-state index contributed by atoms with van der Waals surface area (Å²) in [6.45, 7) is 5.42. The number of aliphatic hydroxyl groups is 1. The fourth-order valence-corrected chi connectivity index (χ4v) is 4.60. The highest BCUT2D eigenvalue weighted by Crippen LogP contribution is 2.23. The van der Waals surface area contributed by atoms with Crippen LogP contribution in [-0.4, -0.2) is 62.0 Å². The summed E-state index contributed by atoms with van der Waals surface area (Å²) in [5.41, 5.74) is 1.34. The first-order valence-corrected chi connectivity index (χ1v) is 11.0. The smallest absolute Gasteiger partial charge is 0.346 e. The van der Waals surface area contributed by atoms with Gasteiger partial charge in [0.05, 0.1) is 32.8 Å². The minimum absolute atomic E-state index is 0.200. The first kappa shape index (κ1) is 22.5. The van der Waals surface area contributed by atoms with Gasteiger partial charge in [0, 0.05) is 19.3 Å². The number of aliphatic hydroxyl groups excluding tert-OH is 1. The standard InChI is InChI=1S/C22H33N3O5/c1-4-30-22(28)17-13-16(21(27)29-3)14(2)23-20(17)25-11-9-15(10-12-25)24-18-7-5-6-8-19(18)26/h13,15,18-19,24,26H,4-12H2,1-3H3/p+2/t18-,19+/m0/s1. The van der Waals surface area contributed by atoms with Gasteiger partial charge in [0.25, 0.3) is 5.82 Å². The Bertz CT molecular complexity index is 761. The molecular weight excluding hydrogens is 386 g/mol. The van der Waals surface area contributed by atoms with Crippen LogP contribution in [0, 0.1) is 6.92 Å². The maximum Gasteiger partial charge on any atom is 0.346 e. The van der Waals surface area contributed by atoms with Crippen molar-refractivity contribution in [1.29, 1.82) is 0 Å². The van der Waals surface area contributed by atoms with E-state index in [4.69, 9.17) is 9.47 Å². The second kappa shape index (κ2) is 10.2. The highest BCUT2D eigenvalue weighted by Gasteiger charge is 2.35. The Labute approximate surface area is 177 Å². The molecule has 0 spiro atoms. The van der Waals surface area contributed by atoms with E-state index in [0.29, 0.717) is 34.7 Å². The summed E-state index contributed by atoms with van der Waals surface area (Å²) in [5, 5.41) is 12.6. The predicted octanol–water partition coefficient (Wildman–Crippen LogP) is 0.608. The Balaban J connectivity index is 1.74. The number of nitrogens with one attached hydrogen (secondary N) is 1. The van der Waals surface area contributed by atoms with Gasteiger partial charge in [-0.15, -0.1) is 0 Å². The minimum Gasteiger partial charge on any atom is -0.465 e. The number of nitrogens with zero attached hydrogens (tertiary/aromatic N) is 1. The molecule has 4 N–H and O–H groups in total. The minimum atomic E-state index is -0.486. The number of carbonyl (C=O) groups excluding carboxylic acids is 2. The Kier molecular flexibility index (Phi) is 7.66.